The smallest absolute Gasteiger partial charge is 0.338 e. The fraction of sp³-hybridized carbons (Fsp3) is 0.500. The zero-order valence-electron chi connectivity index (χ0n) is 12.6. The molecule has 21 heavy (non-hydrogen) atoms. The van der Waals surface area contributed by atoms with Gasteiger partial charge in [-0.15, -0.1) is 0 Å². The summed E-state index contributed by atoms with van der Waals surface area (Å²) in [7, 11) is -2.50. The molecule has 0 bridgehead atoms. The van der Waals surface area contributed by atoms with E-state index in [9.17, 15) is 13.2 Å². The largest absolute Gasteiger partial charge is 0.459 e. The Hall–Kier alpha value is -1.44. The number of carbonyl (C=O) groups is 1. The molecule has 0 aliphatic heterocycles. The Morgan fingerprint density at radius 3 is 2.38 bits per heavy atom. The highest BCUT2D eigenvalue weighted by Crippen LogP contribution is 2.19. The number of nitrogens with two attached hydrogens (primary N) is 1. The quantitative estimate of drug-likeness (QED) is 0.806. The van der Waals surface area contributed by atoms with Gasteiger partial charge in [0.2, 0.25) is 10.0 Å². The van der Waals surface area contributed by atoms with Gasteiger partial charge in [-0.1, -0.05) is 19.9 Å². The predicted molar refractivity (Wildman–Crippen MR) is 78.2 cm³/mol. The second-order valence-electron chi connectivity index (χ2n) is 5.15. The number of primary sulfonamides is 1. The van der Waals surface area contributed by atoms with Gasteiger partial charge in [-0.2, -0.15) is 0 Å². The van der Waals surface area contributed by atoms with E-state index in [4.69, 9.17) is 14.6 Å². The van der Waals surface area contributed by atoms with Gasteiger partial charge in [-0.25, -0.2) is 18.4 Å². The van der Waals surface area contributed by atoms with Crippen LogP contribution in [0.3, 0.4) is 0 Å². The molecule has 0 spiro atoms. The molecule has 1 rings (SSSR count). The van der Waals surface area contributed by atoms with Crippen molar-refractivity contribution in [2.24, 2.45) is 11.1 Å². The first-order valence-corrected chi connectivity index (χ1v) is 8.07. The van der Waals surface area contributed by atoms with E-state index in [1.165, 1.54) is 25.3 Å². The molecule has 1 aromatic carbocycles. The molecule has 118 valence electrons. The lowest BCUT2D eigenvalue weighted by atomic mass is 10.1. The van der Waals surface area contributed by atoms with Crippen LogP contribution in [0.1, 0.15) is 36.7 Å². The van der Waals surface area contributed by atoms with Crippen molar-refractivity contribution < 1.29 is 22.7 Å². The highest BCUT2D eigenvalue weighted by molar-refractivity contribution is 7.89. The molecular weight excluding hydrogens is 294 g/mol. The second kappa shape index (κ2) is 7.02. The van der Waals surface area contributed by atoms with E-state index in [2.05, 4.69) is 0 Å². The lowest BCUT2D eigenvalue weighted by Crippen LogP contribution is -2.21. The van der Waals surface area contributed by atoms with Crippen molar-refractivity contribution >= 4 is 16.0 Å². The summed E-state index contributed by atoms with van der Waals surface area (Å²) in [6.07, 6.45) is -0.269. The van der Waals surface area contributed by atoms with Crippen LogP contribution < -0.4 is 5.14 Å². The molecule has 0 aliphatic carbocycles. The summed E-state index contributed by atoms with van der Waals surface area (Å²) < 4.78 is 33.4. The Morgan fingerprint density at radius 1 is 1.29 bits per heavy atom. The predicted octanol–water partition coefficient (Wildman–Crippen LogP) is 1.68. The van der Waals surface area contributed by atoms with Crippen LogP contribution in [0.15, 0.2) is 23.1 Å². The normalized spacial score (nSPS) is 13.2. The van der Waals surface area contributed by atoms with Crippen molar-refractivity contribution in [2.45, 2.75) is 38.4 Å². The standard InChI is InChI=1S/C14H21NO5S/c1-9(2)10(3)20-14(16)11-5-6-12(8-19-4)13(7-11)21(15,17)18/h5-7,9-10H,8H2,1-4H3,(H2,15,17,18). The summed E-state index contributed by atoms with van der Waals surface area (Å²) in [5.74, 6) is -0.413. The highest BCUT2D eigenvalue weighted by Gasteiger charge is 2.20. The number of rotatable bonds is 6. The minimum absolute atomic E-state index is 0.0868. The van der Waals surface area contributed by atoms with E-state index in [-0.39, 0.29) is 29.1 Å². The molecule has 6 nitrogen and oxygen atoms in total. The van der Waals surface area contributed by atoms with Gasteiger partial charge in [0.05, 0.1) is 17.1 Å². The molecule has 1 unspecified atom stereocenters. The molecule has 0 saturated heterocycles. The fourth-order valence-electron chi connectivity index (χ4n) is 1.59. The molecule has 0 heterocycles. The lowest BCUT2D eigenvalue weighted by molar-refractivity contribution is 0.0237. The van der Waals surface area contributed by atoms with Gasteiger partial charge in [0, 0.05) is 7.11 Å². The molecule has 0 radical (unpaired) electrons. The van der Waals surface area contributed by atoms with E-state index in [0.717, 1.165) is 0 Å². The van der Waals surface area contributed by atoms with E-state index < -0.39 is 16.0 Å². The van der Waals surface area contributed by atoms with Gasteiger partial charge in [-0.3, -0.25) is 0 Å². The van der Waals surface area contributed by atoms with E-state index in [1.807, 2.05) is 13.8 Å². The van der Waals surface area contributed by atoms with Gasteiger partial charge in [0.15, 0.2) is 0 Å². The Balaban J connectivity index is 3.14. The Morgan fingerprint density at radius 2 is 1.90 bits per heavy atom. The molecule has 0 aliphatic rings. The number of esters is 1. The summed E-state index contributed by atoms with van der Waals surface area (Å²) >= 11 is 0. The summed E-state index contributed by atoms with van der Waals surface area (Å²) in [6.45, 7) is 5.72. The molecule has 1 atom stereocenters. The van der Waals surface area contributed by atoms with Crippen molar-refractivity contribution in [1.29, 1.82) is 0 Å². The third-order valence-corrected chi connectivity index (χ3v) is 4.13. The molecule has 0 aromatic heterocycles. The maximum atomic E-state index is 12.0. The molecule has 2 N–H and O–H groups in total. The molecular formula is C14H21NO5S. The van der Waals surface area contributed by atoms with Gasteiger partial charge in [0.1, 0.15) is 6.10 Å². The zero-order valence-corrected chi connectivity index (χ0v) is 13.4. The summed E-state index contributed by atoms with van der Waals surface area (Å²) in [6, 6.07) is 4.22. The molecule has 1 aromatic rings. The van der Waals surface area contributed by atoms with Crippen LogP contribution in [0.25, 0.3) is 0 Å². The molecule has 0 saturated carbocycles. The zero-order chi connectivity index (χ0) is 16.2. The van der Waals surface area contributed by atoms with Crippen LogP contribution in [0.2, 0.25) is 0 Å². The number of methoxy groups -OCH3 is 1. The number of sulfonamides is 1. The average molecular weight is 315 g/mol. The maximum Gasteiger partial charge on any atom is 0.338 e. The maximum absolute atomic E-state index is 12.0. The minimum atomic E-state index is -3.94. The topological polar surface area (TPSA) is 95.7 Å². The number of carbonyl (C=O) groups excluding carboxylic acids is 1. The van der Waals surface area contributed by atoms with E-state index in [0.29, 0.717) is 5.56 Å². The van der Waals surface area contributed by atoms with E-state index in [1.54, 1.807) is 6.92 Å². The number of benzene rings is 1. The first-order valence-electron chi connectivity index (χ1n) is 6.52. The Kier molecular flexibility index (Phi) is 5.88. The average Bonchev–Trinajstić information content (AvgIpc) is 2.37. The van der Waals surface area contributed by atoms with Gasteiger partial charge < -0.3 is 9.47 Å². The monoisotopic (exact) mass is 315 g/mol. The van der Waals surface area contributed by atoms with Crippen molar-refractivity contribution in [3.63, 3.8) is 0 Å². The van der Waals surface area contributed by atoms with Crippen LogP contribution >= 0.6 is 0 Å². The molecule has 0 amide bonds. The number of hydrogen-bond acceptors (Lipinski definition) is 5. The number of hydrogen-bond donors (Lipinski definition) is 1. The number of ether oxygens (including phenoxy) is 2. The molecule has 7 heteroatoms. The molecule has 0 fully saturated rings. The second-order valence-corrected chi connectivity index (χ2v) is 6.68. The van der Waals surface area contributed by atoms with Crippen LogP contribution in [0.4, 0.5) is 0 Å². The van der Waals surface area contributed by atoms with Crippen LogP contribution in [0.5, 0.6) is 0 Å². The Bertz CT molecular complexity index is 610. The SMILES string of the molecule is COCc1ccc(C(=O)OC(C)C(C)C)cc1S(N)(=O)=O. The Labute approximate surface area is 125 Å². The summed E-state index contributed by atoms with van der Waals surface area (Å²) in [5.41, 5.74) is 0.542. The van der Waals surface area contributed by atoms with Crippen LogP contribution in [-0.4, -0.2) is 27.6 Å². The third kappa shape index (κ3) is 4.80. The first-order chi connectivity index (χ1) is 9.66. The third-order valence-electron chi connectivity index (χ3n) is 3.14. The van der Waals surface area contributed by atoms with Crippen molar-refractivity contribution in [3.8, 4) is 0 Å². The van der Waals surface area contributed by atoms with Crippen molar-refractivity contribution in [2.75, 3.05) is 7.11 Å². The van der Waals surface area contributed by atoms with Crippen LogP contribution in [-0.2, 0) is 26.1 Å². The summed E-state index contributed by atoms with van der Waals surface area (Å²) in [5, 5.41) is 5.17. The van der Waals surface area contributed by atoms with Gasteiger partial charge in [-0.05, 0) is 30.5 Å². The van der Waals surface area contributed by atoms with Crippen LogP contribution in [0, 0.1) is 5.92 Å². The van der Waals surface area contributed by atoms with Gasteiger partial charge in [0.25, 0.3) is 0 Å². The highest BCUT2D eigenvalue weighted by atomic mass is 32.2. The first kappa shape index (κ1) is 17.6. The van der Waals surface area contributed by atoms with Crippen molar-refractivity contribution in [3.05, 3.63) is 29.3 Å². The summed E-state index contributed by atoms with van der Waals surface area (Å²) in [4.78, 5) is 11.9. The minimum Gasteiger partial charge on any atom is -0.459 e. The fourth-order valence-corrected chi connectivity index (χ4v) is 2.38. The van der Waals surface area contributed by atoms with E-state index >= 15 is 0 Å². The van der Waals surface area contributed by atoms with Gasteiger partial charge >= 0.3 is 5.97 Å². The lowest BCUT2D eigenvalue weighted by Gasteiger charge is -2.17. The van der Waals surface area contributed by atoms with Crippen molar-refractivity contribution in [1.82, 2.24) is 0 Å².